The van der Waals surface area contributed by atoms with Gasteiger partial charge in [0.05, 0.1) is 14.2 Å². The molecular formula is C22H29NO3. The average Bonchev–Trinajstić information content (AvgIpc) is 2.69. The van der Waals surface area contributed by atoms with Gasteiger partial charge in [-0.1, -0.05) is 37.3 Å². The Morgan fingerprint density at radius 2 is 2.08 bits per heavy atom. The highest BCUT2D eigenvalue weighted by molar-refractivity contribution is 5.93. The number of benzene rings is 1. The lowest BCUT2D eigenvalue weighted by Gasteiger charge is -2.27. The third-order valence-corrected chi connectivity index (χ3v) is 4.95. The molecule has 0 saturated heterocycles. The van der Waals surface area contributed by atoms with Crippen LogP contribution in [0.5, 0.6) is 11.5 Å². The molecule has 2 rings (SSSR count). The number of rotatable bonds is 7. The fraction of sp³-hybridized carbons (Fsp3) is 0.409. The van der Waals surface area contributed by atoms with Gasteiger partial charge in [0.15, 0.2) is 0 Å². The summed E-state index contributed by atoms with van der Waals surface area (Å²) in [6.07, 6.45) is 11.4. The van der Waals surface area contributed by atoms with E-state index in [0.717, 1.165) is 29.1 Å². The van der Waals surface area contributed by atoms with Crippen molar-refractivity contribution in [3.8, 4) is 11.5 Å². The van der Waals surface area contributed by atoms with Crippen LogP contribution in [0.2, 0.25) is 0 Å². The molecule has 4 nitrogen and oxygen atoms in total. The van der Waals surface area contributed by atoms with Gasteiger partial charge in [0.1, 0.15) is 11.5 Å². The summed E-state index contributed by atoms with van der Waals surface area (Å²) in [5.74, 6) is 2.05. The maximum atomic E-state index is 13.0. The smallest absolute Gasteiger partial charge is 0.249 e. The number of methoxy groups -OCH3 is 2. The van der Waals surface area contributed by atoms with E-state index in [1.165, 1.54) is 0 Å². The van der Waals surface area contributed by atoms with Gasteiger partial charge in [-0.3, -0.25) is 4.79 Å². The summed E-state index contributed by atoms with van der Waals surface area (Å²) >= 11 is 0. The van der Waals surface area contributed by atoms with Crippen molar-refractivity contribution in [3.05, 3.63) is 59.7 Å². The second kappa shape index (κ2) is 9.27. The molecule has 1 amide bonds. The molecule has 0 bridgehead atoms. The van der Waals surface area contributed by atoms with Crippen LogP contribution in [0.1, 0.15) is 25.8 Å². The standard InChI is InChI=1S/C22H29NO3/c1-6-20(16(2)17-10-8-7-9-11-17)22(24)23(3)15-18-12-13-19(25-4)14-21(18)26-5/h6-10,12-14,16-17H,11,15H2,1-5H3/b20-6+/t16?,17-/m0/s1. The minimum absolute atomic E-state index is 0.0563. The van der Waals surface area contributed by atoms with Gasteiger partial charge in [-0.2, -0.15) is 0 Å². The largest absolute Gasteiger partial charge is 0.497 e. The Morgan fingerprint density at radius 3 is 2.65 bits per heavy atom. The quantitative estimate of drug-likeness (QED) is 0.682. The number of allylic oxidation sites excluding steroid dienone is 5. The van der Waals surface area contributed by atoms with Crippen LogP contribution in [-0.4, -0.2) is 32.1 Å². The Hall–Kier alpha value is -2.49. The molecule has 1 aliphatic rings. The molecule has 2 atom stereocenters. The number of nitrogens with zero attached hydrogens (tertiary/aromatic N) is 1. The van der Waals surface area contributed by atoms with E-state index in [4.69, 9.17) is 9.47 Å². The summed E-state index contributed by atoms with van der Waals surface area (Å²) < 4.78 is 10.7. The van der Waals surface area contributed by atoms with Gasteiger partial charge in [-0.25, -0.2) is 0 Å². The second-order valence-corrected chi connectivity index (χ2v) is 6.58. The van der Waals surface area contributed by atoms with Crippen LogP contribution in [0.4, 0.5) is 0 Å². The van der Waals surface area contributed by atoms with Gasteiger partial charge < -0.3 is 14.4 Å². The number of carbonyl (C=O) groups is 1. The summed E-state index contributed by atoms with van der Waals surface area (Å²) in [6.45, 7) is 4.55. The van der Waals surface area contributed by atoms with Crippen molar-refractivity contribution in [3.63, 3.8) is 0 Å². The topological polar surface area (TPSA) is 38.8 Å². The van der Waals surface area contributed by atoms with Crippen molar-refractivity contribution in [2.24, 2.45) is 11.8 Å². The van der Waals surface area contributed by atoms with E-state index in [1.807, 2.05) is 38.2 Å². The van der Waals surface area contributed by atoms with Crippen molar-refractivity contribution in [2.45, 2.75) is 26.8 Å². The van der Waals surface area contributed by atoms with E-state index in [2.05, 4.69) is 31.2 Å². The molecule has 0 radical (unpaired) electrons. The molecule has 4 heteroatoms. The molecule has 1 aromatic carbocycles. The monoisotopic (exact) mass is 355 g/mol. The number of hydrogen-bond acceptors (Lipinski definition) is 3. The lowest BCUT2D eigenvalue weighted by atomic mass is 9.82. The van der Waals surface area contributed by atoms with E-state index in [-0.39, 0.29) is 11.8 Å². The third kappa shape index (κ3) is 4.57. The molecule has 0 N–H and O–H groups in total. The molecule has 0 saturated carbocycles. The van der Waals surface area contributed by atoms with Gasteiger partial charge in [0, 0.05) is 30.8 Å². The molecule has 1 aromatic rings. The molecule has 0 heterocycles. The summed E-state index contributed by atoms with van der Waals surface area (Å²) in [5, 5.41) is 0. The van der Waals surface area contributed by atoms with Crippen molar-refractivity contribution >= 4 is 5.91 Å². The minimum atomic E-state index is 0.0563. The lowest BCUT2D eigenvalue weighted by molar-refractivity contribution is -0.127. The normalized spacial score (nSPS) is 17.7. The lowest BCUT2D eigenvalue weighted by Crippen LogP contribution is -2.31. The van der Waals surface area contributed by atoms with Gasteiger partial charge >= 0.3 is 0 Å². The predicted octanol–water partition coefficient (Wildman–Crippen LogP) is 4.38. The molecule has 0 fully saturated rings. The zero-order chi connectivity index (χ0) is 19.1. The SMILES string of the molecule is C/C=C(/C(=O)N(C)Cc1ccc(OC)cc1OC)C(C)[C@H]1C=CC=CC1. The Bertz CT molecular complexity index is 718. The van der Waals surface area contributed by atoms with Gasteiger partial charge in [-0.05, 0) is 37.3 Å². The maximum absolute atomic E-state index is 13.0. The number of likely N-dealkylation sites (N-methyl/N-ethyl adjacent to an activating group) is 1. The first-order chi connectivity index (χ1) is 12.5. The van der Waals surface area contributed by atoms with Crippen molar-refractivity contribution < 1.29 is 14.3 Å². The van der Waals surface area contributed by atoms with Crippen LogP contribution >= 0.6 is 0 Å². The van der Waals surface area contributed by atoms with Crippen molar-refractivity contribution in [1.29, 1.82) is 0 Å². The molecular weight excluding hydrogens is 326 g/mol. The van der Waals surface area contributed by atoms with E-state index in [0.29, 0.717) is 12.5 Å². The first-order valence-electron chi connectivity index (χ1n) is 8.97. The van der Waals surface area contributed by atoms with Crippen LogP contribution in [0.15, 0.2) is 54.2 Å². The summed E-state index contributed by atoms with van der Waals surface area (Å²) in [4.78, 5) is 14.8. The highest BCUT2D eigenvalue weighted by atomic mass is 16.5. The summed E-state index contributed by atoms with van der Waals surface area (Å²) in [6, 6.07) is 5.66. The highest BCUT2D eigenvalue weighted by Gasteiger charge is 2.25. The van der Waals surface area contributed by atoms with Gasteiger partial charge in [0.25, 0.3) is 0 Å². The Morgan fingerprint density at radius 1 is 1.31 bits per heavy atom. The van der Waals surface area contributed by atoms with E-state index in [1.54, 1.807) is 19.1 Å². The number of carbonyl (C=O) groups excluding carboxylic acids is 1. The zero-order valence-electron chi connectivity index (χ0n) is 16.4. The maximum Gasteiger partial charge on any atom is 0.249 e. The molecule has 0 aliphatic heterocycles. The molecule has 0 aromatic heterocycles. The zero-order valence-corrected chi connectivity index (χ0v) is 16.4. The van der Waals surface area contributed by atoms with Crippen LogP contribution in [0.25, 0.3) is 0 Å². The summed E-state index contributed by atoms with van der Waals surface area (Å²) in [7, 11) is 5.08. The van der Waals surface area contributed by atoms with E-state index >= 15 is 0 Å². The fourth-order valence-corrected chi connectivity index (χ4v) is 3.31. The third-order valence-electron chi connectivity index (χ3n) is 4.95. The number of amides is 1. The van der Waals surface area contributed by atoms with Crippen LogP contribution < -0.4 is 9.47 Å². The first kappa shape index (κ1) is 19.8. The predicted molar refractivity (Wildman–Crippen MR) is 105 cm³/mol. The highest BCUT2D eigenvalue weighted by Crippen LogP contribution is 2.30. The number of hydrogen-bond donors (Lipinski definition) is 0. The van der Waals surface area contributed by atoms with Crippen LogP contribution in [-0.2, 0) is 11.3 Å². The van der Waals surface area contributed by atoms with Crippen molar-refractivity contribution in [1.82, 2.24) is 4.90 Å². The number of ether oxygens (including phenoxy) is 2. The fourth-order valence-electron chi connectivity index (χ4n) is 3.31. The van der Waals surface area contributed by atoms with E-state index < -0.39 is 0 Å². The van der Waals surface area contributed by atoms with E-state index in [9.17, 15) is 4.79 Å². The van der Waals surface area contributed by atoms with Crippen LogP contribution in [0.3, 0.4) is 0 Å². The average molecular weight is 355 g/mol. The van der Waals surface area contributed by atoms with Crippen LogP contribution in [0, 0.1) is 11.8 Å². The Balaban J connectivity index is 2.12. The van der Waals surface area contributed by atoms with Gasteiger partial charge in [-0.15, -0.1) is 0 Å². The molecule has 26 heavy (non-hydrogen) atoms. The van der Waals surface area contributed by atoms with Gasteiger partial charge in [0.2, 0.25) is 5.91 Å². The minimum Gasteiger partial charge on any atom is -0.497 e. The molecule has 1 aliphatic carbocycles. The first-order valence-corrected chi connectivity index (χ1v) is 8.97. The summed E-state index contributed by atoms with van der Waals surface area (Å²) in [5.41, 5.74) is 1.80. The Labute approximate surface area is 156 Å². The molecule has 1 unspecified atom stereocenters. The Kier molecular flexibility index (Phi) is 7.07. The second-order valence-electron chi connectivity index (χ2n) is 6.58. The molecule has 140 valence electrons. The molecule has 0 spiro atoms. The van der Waals surface area contributed by atoms with Crippen molar-refractivity contribution in [2.75, 3.05) is 21.3 Å².